The van der Waals surface area contributed by atoms with E-state index in [1.807, 2.05) is 24.3 Å². The van der Waals surface area contributed by atoms with Crippen LogP contribution in [0.25, 0.3) is 0 Å². The standard InChI is InChI=1S/C27H35N5O2/c1-33-24-13-8-12-23(26(24)34-2)25(27(28)32(29)19-22-11-6-7-16-30-22)31-17-14-21(15-18-31)20-9-4-3-5-10-20/h3-6,8-13,21,25,28H,7,14-19,29H2,1-2H3. The summed E-state index contributed by atoms with van der Waals surface area (Å²) in [6.45, 7) is 2.90. The maximum absolute atomic E-state index is 9.14. The second-order valence-electron chi connectivity index (χ2n) is 8.78. The fourth-order valence-corrected chi connectivity index (χ4v) is 4.93. The predicted molar refractivity (Wildman–Crippen MR) is 137 cm³/mol. The van der Waals surface area contributed by atoms with E-state index >= 15 is 0 Å². The first-order valence-corrected chi connectivity index (χ1v) is 11.9. The molecule has 0 radical (unpaired) electrons. The van der Waals surface area contributed by atoms with E-state index in [9.17, 15) is 0 Å². The SMILES string of the molecule is COc1cccc(C(C(=N)N(N)CC2=NCCC=C2)N2CCC(c3ccccc3)CC2)c1OC. The molecule has 0 saturated carbocycles. The van der Waals surface area contributed by atoms with Crippen LogP contribution in [0, 0.1) is 5.41 Å². The molecule has 2 aliphatic rings. The van der Waals surface area contributed by atoms with Crippen molar-refractivity contribution in [3.8, 4) is 11.5 Å². The maximum Gasteiger partial charge on any atom is 0.165 e. The van der Waals surface area contributed by atoms with E-state index in [0.717, 1.165) is 50.2 Å². The highest BCUT2D eigenvalue weighted by atomic mass is 16.5. The van der Waals surface area contributed by atoms with E-state index in [4.69, 9.17) is 20.7 Å². The summed E-state index contributed by atoms with van der Waals surface area (Å²) in [5.41, 5.74) is 3.18. The van der Waals surface area contributed by atoms with Crippen molar-refractivity contribution in [2.75, 3.05) is 40.4 Å². The van der Waals surface area contributed by atoms with Crippen LogP contribution >= 0.6 is 0 Å². The quantitative estimate of drug-likeness (QED) is 0.267. The number of piperidine rings is 1. The number of aliphatic imine (C=N–C) groups is 1. The third kappa shape index (κ3) is 5.32. The number of methoxy groups -OCH3 is 2. The molecule has 180 valence electrons. The molecular weight excluding hydrogens is 426 g/mol. The highest BCUT2D eigenvalue weighted by Crippen LogP contribution is 2.40. The van der Waals surface area contributed by atoms with Crippen LogP contribution in [0.2, 0.25) is 0 Å². The van der Waals surface area contributed by atoms with Crippen molar-refractivity contribution >= 4 is 11.5 Å². The Labute approximate surface area is 202 Å². The number of nitrogens with two attached hydrogens (primary N) is 1. The molecule has 0 spiro atoms. The number of para-hydroxylation sites is 1. The second-order valence-corrected chi connectivity index (χ2v) is 8.78. The number of likely N-dealkylation sites (tertiary alicyclic amines) is 1. The van der Waals surface area contributed by atoms with Crippen molar-refractivity contribution in [3.05, 3.63) is 71.8 Å². The Morgan fingerprint density at radius 3 is 2.53 bits per heavy atom. The molecule has 0 aliphatic carbocycles. The van der Waals surface area contributed by atoms with Crippen LogP contribution in [0.15, 0.2) is 65.7 Å². The normalized spacial score (nSPS) is 17.7. The molecule has 0 bridgehead atoms. The molecule has 1 atom stereocenters. The molecule has 0 amide bonds. The van der Waals surface area contributed by atoms with Gasteiger partial charge in [0.2, 0.25) is 0 Å². The summed E-state index contributed by atoms with van der Waals surface area (Å²) in [4.78, 5) is 6.90. The molecule has 1 fully saturated rings. The largest absolute Gasteiger partial charge is 0.493 e. The number of benzene rings is 2. The van der Waals surface area contributed by atoms with Gasteiger partial charge in [0, 0.05) is 12.1 Å². The Balaban J connectivity index is 1.60. The number of hydrazine groups is 1. The number of nitrogens with zero attached hydrogens (tertiary/aromatic N) is 3. The Hall–Kier alpha value is -3.16. The Kier molecular flexibility index (Phi) is 7.98. The Morgan fingerprint density at radius 1 is 1.12 bits per heavy atom. The maximum atomic E-state index is 9.14. The zero-order chi connectivity index (χ0) is 23.9. The first-order chi connectivity index (χ1) is 16.6. The molecule has 1 unspecified atom stereocenters. The first-order valence-electron chi connectivity index (χ1n) is 11.9. The molecule has 7 nitrogen and oxygen atoms in total. The van der Waals surface area contributed by atoms with Gasteiger partial charge < -0.3 is 9.47 Å². The van der Waals surface area contributed by atoms with E-state index in [-0.39, 0.29) is 6.04 Å². The van der Waals surface area contributed by atoms with Crippen LogP contribution in [-0.2, 0) is 0 Å². The third-order valence-electron chi connectivity index (χ3n) is 6.72. The van der Waals surface area contributed by atoms with Gasteiger partial charge in [0.15, 0.2) is 11.5 Å². The first kappa shape index (κ1) is 24.0. The van der Waals surface area contributed by atoms with Crippen LogP contribution in [-0.4, -0.2) is 61.9 Å². The van der Waals surface area contributed by atoms with E-state index in [2.05, 4.69) is 46.3 Å². The average molecular weight is 462 g/mol. The van der Waals surface area contributed by atoms with Gasteiger partial charge >= 0.3 is 0 Å². The minimum absolute atomic E-state index is 0.325. The van der Waals surface area contributed by atoms with Crippen molar-refractivity contribution in [1.29, 1.82) is 5.41 Å². The fraction of sp³-hybridized carbons (Fsp3) is 0.407. The number of dihydropyridines is 1. The van der Waals surface area contributed by atoms with Gasteiger partial charge in [0.05, 0.1) is 32.5 Å². The lowest BCUT2D eigenvalue weighted by molar-refractivity contribution is 0.175. The predicted octanol–water partition coefficient (Wildman–Crippen LogP) is 4.18. The van der Waals surface area contributed by atoms with Crippen molar-refractivity contribution in [2.45, 2.75) is 31.2 Å². The number of nitrogens with one attached hydrogen (secondary N) is 1. The average Bonchev–Trinajstić information content (AvgIpc) is 2.90. The van der Waals surface area contributed by atoms with E-state index in [0.29, 0.717) is 29.8 Å². The van der Waals surface area contributed by atoms with Crippen LogP contribution in [0.3, 0.4) is 0 Å². The molecule has 7 heteroatoms. The van der Waals surface area contributed by atoms with Gasteiger partial charge in [-0.1, -0.05) is 48.5 Å². The Bertz CT molecular complexity index is 1030. The molecular formula is C27H35N5O2. The van der Waals surface area contributed by atoms with Crippen molar-refractivity contribution < 1.29 is 9.47 Å². The highest BCUT2D eigenvalue weighted by Gasteiger charge is 2.34. The minimum Gasteiger partial charge on any atom is -0.493 e. The van der Waals surface area contributed by atoms with Gasteiger partial charge in [0.25, 0.3) is 0 Å². The van der Waals surface area contributed by atoms with Gasteiger partial charge in [-0.25, -0.2) is 5.84 Å². The second kappa shape index (κ2) is 11.3. The summed E-state index contributed by atoms with van der Waals surface area (Å²) < 4.78 is 11.3. The zero-order valence-corrected chi connectivity index (χ0v) is 20.1. The molecule has 2 aromatic carbocycles. The summed E-state index contributed by atoms with van der Waals surface area (Å²) >= 11 is 0. The topological polar surface area (TPSA) is 87.2 Å². The lowest BCUT2D eigenvalue weighted by atomic mass is 9.88. The summed E-state index contributed by atoms with van der Waals surface area (Å²) in [6.07, 6.45) is 7.12. The molecule has 0 aromatic heterocycles. The lowest BCUT2D eigenvalue weighted by Gasteiger charge is -2.40. The molecule has 34 heavy (non-hydrogen) atoms. The monoisotopic (exact) mass is 461 g/mol. The van der Waals surface area contributed by atoms with Gasteiger partial charge in [-0.15, -0.1) is 0 Å². The number of hydrogen-bond acceptors (Lipinski definition) is 6. The van der Waals surface area contributed by atoms with Gasteiger partial charge in [0.1, 0.15) is 5.84 Å². The fourth-order valence-electron chi connectivity index (χ4n) is 4.93. The Morgan fingerprint density at radius 2 is 1.88 bits per heavy atom. The van der Waals surface area contributed by atoms with Crippen molar-refractivity contribution in [2.24, 2.45) is 10.8 Å². The summed E-state index contributed by atoms with van der Waals surface area (Å²) in [6, 6.07) is 16.2. The number of hydrogen-bond donors (Lipinski definition) is 2. The van der Waals surface area contributed by atoms with E-state index in [1.54, 1.807) is 14.2 Å². The van der Waals surface area contributed by atoms with E-state index < -0.39 is 0 Å². The van der Waals surface area contributed by atoms with Crippen LogP contribution in [0.5, 0.6) is 11.5 Å². The number of rotatable bonds is 8. The molecule has 2 heterocycles. The summed E-state index contributed by atoms with van der Waals surface area (Å²) in [7, 11) is 3.28. The molecule has 4 rings (SSSR count). The zero-order valence-electron chi connectivity index (χ0n) is 20.1. The highest BCUT2D eigenvalue weighted by molar-refractivity contribution is 5.99. The van der Waals surface area contributed by atoms with E-state index in [1.165, 1.54) is 10.6 Å². The minimum atomic E-state index is -0.347. The molecule has 3 N–H and O–H groups in total. The lowest BCUT2D eigenvalue weighted by Crippen LogP contribution is -2.49. The summed E-state index contributed by atoms with van der Waals surface area (Å²) in [5, 5.41) is 10.7. The summed E-state index contributed by atoms with van der Waals surface area (Å²) in [5.74, 6) is 8.62. The van der Waals surface area contributed by atoms with Crippen LogP contribution in [0.1, 0.15) is 42.3 Å². The number of amidine groups is 1. The van der Waals surface area contributed by atoms with Gasteiger partial charge in [-0.05, 0) is 56.0 Å². The van der Waals surface area contributed by atoms with Crippen molar-refractivity contribution in [3.63, 3.8) is 0 Å². The molecule has 1 saturated heterocycles. The smallest absolute Gasteiger partial charge is 0.165 e. The van der Waals surface area contributed by atoms with Gasteiger partial charge in [-0.3, -0.25) is 20.3 Å². The van der Waals surface area contributed by atoms with Crippen LogP contribution in [0.4, 0.5) is 0 Å². The third-order valence-corrected chi connectivity index (χ3v) is 6.72. The van der Waals surface area contributed by atoms with Gasteiger partial charge in [-0.2, -0.15) is 0 Å². The number of ether oxygens (including phenoxy) is 2. The molecule has 2 aromatic rings. The van der Waals surface area contributed by atoms with Crippen LogP contribution < -0.4 is 15.3 Å². The molecule has 2 aliphatic heterocycles. The van der Waals surface area contributed by atoms with Crippen molar-refractivity contribution in [1.82, 2.24) is 9.91 Å².